The Morgan fingerprint density at radius 1 is 1.11 bits per heavy atom. The van der Waals surface area contributed by atoms with E-state index in [1.807, 2.05) is 78.5 Å². The monoisotopic (exact) mass is 492 g/mol. The minimum atomic E-state index is -0.544. The standard InChI is InChI=1S/C27H36N6O3/c1-32(2)14-13-24(35)33-15-12-20(23(34)17-33)16-29-27-25(26(28)30-18-31-27)19-8-10-22(11-9-19)36-21-6-4-3-5-7-21/h3-11,18,20,23-24,34-35H,12-17H2,1-2H3,(H3,28,29,30,31)/t20-,23+,24?/m0/s1. The summed E-state index contributed by atoms with van der Waals surface area (Å²) in [5.74, 6) is 2.53. The van der Waals surface area contributed by atoms with Crippen molar-refractivity contribution in [3.05, 3.63) is 60.9 Å². The van der Waals surface area contributed by atoms with E-state index < -0.39 is 12.3 Å². The predicted octanol–water partition coefficient (Wildman–Crippen LogP) is 2.88. The lowest BCUT2D eigenvalue weighted by Gasteiger charge is -2.38. The molecule has 1 fully saturated rings. The Morgan fingerprint density at radius 3 is 2.53 bits per heavy atom. The van der Waals surface area contributed by atoms with Crippen LogP contribution in [0.2, 0.25) is 0 Å². The second kappa shape index (κ2) is 12.1. The molecule has 0 aliphatic carbocycles. The predicted molar refractivity (Wildman–Crippen MR) is 142 cm³/mol. The van der Waals surface area contributed by atoms with Gasteiger partial charge in [-0.15, -0.1) is 0 Å². The maximum Gasteiger partial charge on any atom is 0.139 e. The van der Waals surface area contributed by atoms with Crippen LogP contribution in [-0.4, -0.2) is 82.6 Å². The van der Waals surface area contributed by atoms with E-state index in [2.05, 4.69) is 15.3 Å². The molecule has 9 heteroatoms. The molecule has 1 aliphatic rings. The number of para-hydroxylation sites is 1. The molecule has 1 aliphatic heterocycles. The molecular formula is C27H36N6O3. The third-order valence-electron chi connectivity index (χ3n) is 6.54. The van der Waals surface area contributed by atoms with E-state index in [9.17, 15) is 10.2 Å². The third-order valence-corrected chi connectivity index (χ3v) is 6.54. The Morgan fingerprint density at radius 2 is 1.83 bits per heavy atom. The van der Waals surface area contributed by atoms with Crippen molar-refractivity contribution in [2.45, 2.75) is 25.2 Å². The number of anilines is 2. The van der Waals surface area contributed by atoms with Gasteiger partial charge in [0.2, 0.25) is 0 Å². The minimum absolute atomic E-state index is 0.0352. The summed E-state index contributed by atoms with van der Waals surface area (Å²) in [6.45, 7) is 2.53. The summed E-state index contributed by atoms with van der Waals surface area (Å²) in [5.41, 5.74) is 7.83. The van der Waals surface area contributed by atoms with Crippen molar-refractivity contribution < 1.29 is 14.9 Å². The van der Waals surface area contributed by atoms with Gasteiger partial charge in [0.1, 0.15) is 35.7 Å². The molecule has 2 aromatic carbocycles. The van der Waals surface area contributed by atoms with Gasteiger partial charge in [-0.2, -0.15) is 0 Å². The van der Waals surface area contributed by atoms with Gasteiger partial charge in [-0.25, -0.2) is 9.97 Å². The largest absolute Gasteiger partial charge is 0.457 e. The molecule has 0 amide bonds. The number of nitrogens with zero attached hydrogens (tertiary/aromatic N) is 4. The number of β-amino-alcohol motifs (C(OH)–C–C–N with tert-alkyl or cyclic N) is 1. The number of nitrogens with two attached hydrogens (primary N) is 1. The summed E-state index contributed by atoms with van der Waals surface area (Å²) >= 11 is 0. The number of benzene rings is 2. The highest BCUT2D eigenvalue weighted by molar-refractivity contribution is 5.83. The van der Waals surface area contributed by atoms with Gasteiger partial charge >= 0.3 is 0 Å². The Kier molecular flexibility index (Phi) is 8.71. The molecule has 3 aromatic rings. The molecule has 36 heavy (non-hydrogen) atoms. The van der Waals surface area contributed by atoms with Crippen molar-refractivity contribution in [2.75, 3.05) is 51.3 Å². The number of aliphatic hydroxyl groups excluding tert-OH is 2. The number of piperidine rings is 1. The number of hydrogen-bond donors (Lipinski definition) is 4. The number of rotatable bonds is 10. The Hall–Kier alpha value is -3.24. The van der Waals surface area contributed by atoms with Gasteiger partial charge in [0, 0.05) is 32.1 Å². The van der Waals surface area contributed by atoms with E-state index in [-0.39, 0.29) is 5.92 Å². The van der Waals surface area contributed by atoms with Gasteiger partial charge in [-0.1, -0.05) is 30.3 Å². The van der Waals surface area contributed by atoms with Crippen molar-refractivity contribution in [2.24, 2.45) is 5.92 Å². The van der Waals surface area contributed by atoms with Crippen molar-refractivity contribution in [1.29, 1.82) is 0 Å². The Balaban J connectivity index is 1.38. The van der Waals surface area contributed by atoms with Crippen LogP contribution in [0.25, 0.3) is 11.1 Å². The van der Waals surface area contributed by atoms with Crippen molar-refractivity contribution in [3.8, 4) is 22.6 Å². The smallest absolute Gasteiger partial charge is 0.139 e. The van der Waals surface area contributed by atoms with Crippen LogP contribution in [0.15, 0.2) is 60.9 Å². The molecule has 2 heterocycles. The summed E-state index contributed by atoms with van der Waals surface area (Å²) < 4.78 is 5.89. The van der Waals surface area contributed by atoms with Crippen LogP contribution in [0.1, 0.15) is 12.8 Å². The van der Waals surface area contributed by atoms with E-state index in [0.717, 1.165) is 42.1 Å². The number of hydrogen-bond acceptors (Lipinski definition) is 9. The summed E-state index contributed by atoms with van der Waals surface area (Å²) in [7, 11) is 3.97. The molecule has 0 saturated carbocycles. The number of ether oxygens (including phenoxy) is 1. The van der Waals surface area contributed by atoms with Crippen molar-refractivity contribution >= 4 is 11.6 Å². The molecule has 0 bridgehead atoms. The average molecular weight is 493 g/mol. The number of nitrogen functional groups attached to an aromatic ring is 1. The van der Waals surface area contributed by atoms with Gasteiger partial charge < -0.3 is 30.9 Å². The SMILES string of the molecule is CN(C)CCC(O)N1CC[C@@H](CNc2ncnc(N)c2-c2ccc(Oc3ccccc3)cc2)[C@H](O)C1. The van der Waals surface area contributed by atoms with E-state index in [4.69, 9.17) is 10.5 Å². The first-order valence-corrected chi connectivity index (χ1v) is 12.3. The van der Waals surface area contributed by atoms with Crippen LogP contribution < -0.4 is 15.8 Å². The van der Waals surface area contributed by atoms with Gasteiger partial charge in [0.15, 0.2) is 0 Å². The summed E-state index contributed by atoms with van der Waals surface area (Å²) in [6, 6.07) is 17.3. The van der Waals surface area contributed by atoms with Gasteiger partial charge in [0.05, 0.1) is 11.7 Å². The van der Waals surface area contributed by atoms with Crippen LogP contribution in [0.3, 0.4) is 0 Å². The van der Waals surface area contributed by atoms with Crippen LogP contribution in [0.5, 0.6) is 11.5 Å². The zero-order valence-electron chi connectivity index (χ0n) is 20.9. The van der Waals surface area contributed by atoms with Crippen LogP contribution in [0, 0.1) is 5.92 Å². The number of nitrogens with one attached hydrogen (secondary N) is 1. The normalized spacial score (nSPS) is 19.2. The molecule has 1 saturated heterocycles. The molecule has 0 radical (unpaired) electrons. The highest BCUT2D eigenvalue weighted by atomic mass is 16.5. The van der Waals surface area contributed by atoms with Crippen molar-refractivity contribution in [3.63, 3.8) is 0 Å². The summed E-state index contributed by atoms with van der Waals surface area (Å²) in [4.78, 5) is 12.6. The highest BCUT2D eigenvalue weighted by Crippen LogP contribution is 2.33. The van der Waals surface area contributed by atoms with Gasteiger partial charge in [-0.05, 0) is 56.8 Å². The molecule has 1 aromatic heterocycles. The zero-order chi connectivity index (χ0) is 25.5. The average Bonchev–Trinajstić information content (AvgIpc) is 2.88. The molecule has 192 valence electrons. The molecule has 3 atom stereocenters. The lowest BCUT2D eigenvalue weighted by atomic mass is 9.93. The fourth-order valence-corrected chi connectivity index (χ4v) is 4.43. The summed E-state index contributed by atoms with van der Waals surface area (Å²) in [5, 5.41) is 24.6. The van der Waals surface area contributed by atoms with Crippen LogP contribution >= 0.6 is 0 Å². The molecule has 0 spiro atoms. The quantitative estimate of drug-likeness (QED) is 0.339. The molecular weight excluding hydrogens is 456 g/mol. The summed E-state index contributed by atoms with van der Waals surface area (Å²) in [6.07, 6.45) is 1.78. The lowest BCUT2D eigenvalue weighted by Crippen LogP contribution is -2.50. The maximum atomic E-state index is 10.8. The molecule has 4 rings (SSSR count). The second-order valence-corrected chi connectivity index (χ2v) is 9.49. The van der Waals surface area contributed by atoms with E-state index in [1.165, 1.54) is 6.33 Å². The maximum absolute atomic E-state index is 10.8. The Labute approximate surface area is 212 Å². The second-order valence-electron chi connectivity index (χ2n) is 9.49. The fraction of sp³-hybridized carbons (Fsp3) is 0.407. The Bertz CT molecular complexity index is 1100. The number of aromatic nitrogens is 2. The molecule has 5 N–H and O–H groups in total. The van der Waals surface area contributed by atoms with E-state index in [1.54, 1.807) is 0 Å². The van der Waals surface area contributed by atoms with Gasteiger partial charge in [-0.3, -0.25) is 4.90 Å². The van der Waals surface area contributed by atoms with E-state index >= 15 is 0 Å². The van der Waals surface area contributed by atoms with Crippen LogP contribution in [0.4, 0.5) is 11.6 Å². The van der Waals surface area contributed by atoms with Gasteiger partial charge in [0.25, 0.3) is 0 Å². The number of likely N-dealkylation sites (tertiary alicyclic amines) is 1. The molecule has 1 unspecified atom stereocenters. The van der Waals surface area contributed by atoms with Crippen molar-refractivity contribution in [1.82, 2.24) is 19.8 Å². The van der Waals surface area contributed by atoms with E-state index in [0.29, 0.717) is 31.1 Å². The first kappa shape index (κ1) is 25.8. The third kappa shape index (κ3) is 6.70. The van der Waals surface area contributed by atoms with Crippen LogP contribution in [-0.2, 0) is 0 Å². The minimum Gasteiger partial charge on any atom is -0.457 e. The lowest BCUT2D eigenvalue weighted by molar-refractivity contribution is -0.0664. The highest BCUT2D eigenvalue weighted by Gasteiger charge is 2.30. The fourth-order valence-electron chi connectivity index (χ4n) is 4.43. The molecule has 9 nitrogen and oxygen atoms in total. The number of aliphatic hydroxyl groups is 2. The topological polar surface area (TPSA) is 120 Å². The first-order chi connectivity index (χ1) is 17.4. The first-order valence-electron chi connectivity index (χ1n) is 12.3. The zero-order valence-corrected chi connectivity index (χ0v) is 20.9.